The molecule has 1 aromatic heterocycles. The Hall–Kier alpha value is -2.34. The summed E-state index contributed by atoms with van der Waals surface area (Å²) in [6.45, 7) is 23.2. The highest BCUT2D eigenvalue weighted by atomic mass is 16.5. The van der Waals surface area contributed by atoms with Crippen molar-refractivity contribution in [2.75, 3.05) is 40.1 Å². The molecule has 54 heavy (non-hydrogen) atoms. The van der Waals surface area contributed by atoms with Crippen LogP contribution in [0.25, 0.3) is 0 Å². The molecule has 6 aliphatic rings. The highest BCUT2D eigenvalue weighted by Gasteiger charge is 2.72. The van der Waals surface area contributed by atoms with Crippen LogP contribution in [0.2, 0.25) is 0 Å². The molecule has 5 fully saturated rings. The molecule has 4 aliphatic carbocycles. The number of carboxylic acid groups (broad SMARTS) is 1. The number of amides is 1. The Kier molecular flexibility index (Phi) is 10.3. The molecule has 0 unspecified atom stereocenters. The number of nitrogens with one attached hydrogen (secondary N) is 2. The molecular formula is C43H69N5O6. The van der Waals surface area contributed by atoms with Crippen LogP contribution in [-0.2, 0) is 19.0 Å². The number of carbonyl (C=O) groups excluding carboxylic acids is 1. The van der Waals surface area contributed by atoms with E-state index in [4.69, 9.17) is 19.3 Å². The van der Waals surface area contributed by atoms with E-state index >= 15 is 0 Å². The zero-order valence-electron chi connectivity index (χ0n) is 34.8. The number of carboxylic acids is 1. The van der Waals surface area contributed by atoms with E-state index in [1.807, 2.05) is 25.6 Å². The molecule has 2 saturated heterocycles. The van der Waals surface area contributed by atoms with Crippen molar-refractivity contribution < 1.29 is 28.9 Å². The van der Waals surface area contributed by atoms with Crippen LogP contribution in [-0.4, -0.2) is 89.5 Å². The predicted octanol–water partition coefficient (Wildman–Crippen LogP) is 6.70. The zero-order chi connectivity index (χ0) is 39.1. The first-order valence-electron chi connectivity index (χ1n) is 21.0. The van der Waals surface area contributed by atoms with Gasteiger partial charge in [0.25, 0.3) is 5.91 Å². The lowest BCUT2D eigenvalue weighted by molar-refractivity contribution is -0.253. The molecule has 3 saturated carbocycles. The maximum absolute atomic E-state index is 13.7. The van der Waals surface area contributed by atoms with Crippen molar-refractivity contribution in [3.8, 4) is 0 Å². The third-order valence-corrected chi connectivity index (χ3v) is 17.1. The number of hydrogen-bond acceptors (Lipinski definition) is 8. The number of nitrogens with zero attached hydrogens (tertiary/aromatic N) is 3. The van der Waals surface area contributed by atoms with Crippen molar-refractivity contribution in [2.24, 2.45) is 56.7 Å². The summed E-state index contributed by atoms with van der Waals surface area (Å²) in [6, 6.07) is -0.302. The predicted molar refractivity (Wildman–Crippen MR) is 207 cm³/mol. The molecule has 0 aromatic carbocycles. The molecule has 1 aromatic rings. The Morgan fingerprint density at radius 1 is 1.00 bits per heavy atom. The minimum absolute atomic E-state index is 0.0459. The number of hydrogen-bond donors (Lipinski definition) is 3. The molecule has 302 valence electrons. The number of fused-ring (bicyclic) bond motifs is 3. The van der Waals surface area contributed by atoms with Crippen molar-refractivity contribution in [1.29, 1.82) is 0 Å². The van der Waals surface area contributed by atoms with Crippen molar-refractivity contribution in [1.82, 2.24) is 25.4 Å². The van der Waals surface area contributed by atoms with Crippen molar-refractivity contribution in [3.05, 3.63) is 23.8 Å². The van der Waals surface area contributed by atoms with Gasteiger partial charge in [-0.2, -0.15) is 5.10 Å². The van der Waals surface area contributed by atoms with Crippen molar-refractivity contribution in [2.45, 2.75) is 137 Å². The second-order valence-electron chi connectivity index (χ2n) is 20.1. The van der Waals surface area contributed by atoms with Gasteiger partial charge in [0.05, 0.1) is 37.9 Å². The average molecular weight is 752 g/mol. The average Bonchev–Trinajstić information content (AvgIpc) is 3.61. The van der Waals surface area contributed by atoms with Crippen LogP contribution < -0.4 is 10.6 Å². The van der Waals surface area contributed by atoms with Gasteiger partial charge in [-0.05, 0) is 112 Å². The molecule has 11 heteroatoms. The fourth-order valence-corrected chi connectivity index (χ4v) is 13.6. The fraction of sp³-hybridized carbons (Fsp3) is 0.860. The van der Waals surface area contributed by atoms with Crippen molar-refractivity contribution >= 4 is 11.9 Å². The Morgan fingerprint density at radius 2 is 1.72 bits per heavy atom. The Labute approximate surface area is 323 Å². The maximum atomic E-state index is 13.7. The van der Waals surface area contributed by atoms with Gasteiger partial charge < -0.3 is 30.0 Å². The van der Waals surface area contributed by atoms with Crippen LogP contribution in [0.15, 0.2) is 18.0 Å². The summed E-state index contributed by atoms with van der Waals surface area (Å²) in [6.07, 6.45) is 10.9. The van der Waals surface area contributed by atoms with Gasteiger partial charge in [-0.1, -0.05) is 60.1 Å². The van der Waals surface area contributed by atoms with Gasteiger partial charge in [-0.25, -0.2) is 9.67 Å². The minimum atomic E-state index is -0.643. The SMILES string of the molecule is CNC1(CO[C@H]2[C@H](n3ncnc3C(=O)NC(C)C)C[C@@]34COC[C@]2(C)[C@@H]3CC[C@H]2C4=CC[C@@]3(C)[C@H](C(=O)O)[C@@](C)([C@H](C)C(C)C)CC[C@]23C)CCOCC1. The molecule has 0 spiro atoms. The largest absolute Gasteiger partial charge is 0.481 e. The van der Waals surface area contributed by atoms with E-state index in [1.54, 1.807) is 0 Å². The minimum Gasteiger partial charge on any atom is -0.481 e. The summed E-state index contributed by atoms with van der Waals surface area (Å²) in [4.78, 5) is 31.8. The van der Waals surface area contributed by atoms with E-state index in [9.17, 15) is 14.7 Å². The summed E-state index contributed by atoms with van der Waals surface area (Å²) >= 11 is 0. The fourth-order valence-electron chi connectivity index (χ4n) is 13.6. The third kappa shape index (κ3) is 5.78. The zero-order valence-corrected chi connectivity index (χ0v) is 34.8. The normalized spacial score (nSPS) is 42.0. The standard InChI is InChI=1S/C43H69N5O6/c1-26(2)28(5)38(6)15-16-40(8)29-11-12-32-39(7)22-53-24-43(32,30(29)13-14-41(40,9)33(38)37(50)51)21-31(48-35(45-25-46-48)36(49)47-27(3)4)34(39)54-23-42(44-10)17-19-52-20-18-42/h13,25-29,31-34,44H,11-12,14-24H2,1-10H3,(H,47,49)(H,50,51)/t28-,29+,31-,32+,33-,34+,38-,39-,40-,41+,43+/m1/s1. The lowest BCUT2D eigenvalue weighted by atomic mass is 9.34. The summed E-state index contributed by atoms with van der Waals surface area (Å²) in [5, 5.41) is 22.6. The van der Waals surface area contributed by atoms with Gasteiger partial charge in [0.1, 0.15) is 6.33 Å². The molecule has 2 bridgehead atoms. The number of carbonyl (C=O) groups is 2. The van der Waals surface area contributed by atoms with E-state index in [0.29, 0.717) is 50.7 Å². The quantitative estimate of drug-likeness (QED) is 0.223. The number of rotatable bonds is 10. The van der Waals surface area contributed by atoms with Gasteiger partial charge in [-0.15, -0.1) is 0 Å². The summed E-state index contributed by atoms with van der Waals surface area (Å²) in [5.41, 5.74) is -0.288. The topological polar surface area (TPSA) is 137 Å². The van der Waals surface area contributed by atoms with Gasteiger partial charge >= 0.3 is 5.97 Å². The molecule has 3 heterocycles. The van der Waals surface area contributed by atoms with Crippen LogP contribution in [0, 0.1) is 56.7 Å². The van der Waals surface area contributed by atoms with Gasteiger partial charge in [-0.3, -0.25) is 9.59 Å². The second kappa shape index (κ2) is 13.9. The first kappa shape index (κ1) is 39.9. The lowest BCUT2D eigenvalue weighted by Gasteiger charge is -2.71. The maximum Gasteiger partial charge on any atom is 0.307 e. The van der Waals surface area contributed by atoms with E-state index in [0.717, 1.165) is 51.4 Å². The van der Waals surface area contributed by atoms with Crippen LogP contribution in [0.1, 0.15) is 130 Å². The van der Waals surface area contributed by atoms with Gasteiger partial charge in [0.15, 0.2) is 0 Å². The monoisotopic (exact) mass is 752 g/mol. The summed E-state index contributed by atoms with van der Waals surface area (Å²) in [5.74, 6) is 0.231. The highest BCUT2D eigenvalue weighted by Crippen LogP contribution is 2.75. The molecule has 7 rings (SSSR count). The number of likely N-dealkylation sites (N-methyl/N-ethyl adjacent to an activating group) is 1. The van der Waals surface area contributed by atoms with Crippen molar-refractivity contribution in [3.63, 3.8) is 0 Å². The Balaban J connectivity index is 1.33. The molecule has 3 N–H and O–H groups in total. The molecule has 11 atom stereocenters. The lowest BCUT2D eigenvalue weighted by Crippen LogP contribution is -2.69. The smallest absolute Gasteiger partial charge is 0.307 e. The molecule has 0 radical (unpaired) electrons. The molecule has 1 amide bonds. The van der Waals surface area contributed by atoms with E-state index < -0.39 is 17.3 Å². The Morgan fingerprint density at radius 3 is 2.37 bits per heavy atom. The highest BCUT2D eigenvalue weighted by molar-refractivity contribution is 5.90. The van der Waals surface area contributed by atoms with Gasteiger partial charge in [0.2, 0.25) is 5.82 Å². The summed E-state index contributed by atoms with van der Waals surface area (Å²) in [7, 11) is 2.02. The third-order valence-electron chi connectivity index (χ3n) is 17.1. The first-order valence-corrected chi connectivity index (χ1v) is 21.0. The number of aromatic nitrogens is 3. The first-order chi connectivity index (χ1) is 25.4. The molecule has 2 aliphatic heterocycles. The number of aliphatic carboxylic acids is 1. The number of allylic oxidation sites excluding steroid dienone is 1. The van der Waals surface area contributed by atoms with Crippen LogP contribution in [0.4, 0.5) is 0 Å². The van der Waals surface area contributed by atoms with Crippen LogP contribution >= 0.6 is 0 Å². The van der Waals surface area contributed by atoms with E-state index in [-0.39, 0.29) is 63.1 Å². The number of ether oxygens (including phenoxy) is 3. The Bertz CT molecular complexity index is 1620. The van der Waals surface area contributed by atoms with Gasteiger partial charge in [0, 0.05) is 35.6 Å². The van der Waals surface area contributed by atoms with E-state index in [2.05, 4.69) is 70.2 Å². The second-order valence-corrected chi connectivity index (χ2v) is 20.1. The van der Waals surface area contributed by atoms with Crippen LogP contribution in [0.5, 0.6) is 0 Å². The van der Waals surface area contributed by atoms with Crippen LogP contribution in [0.3, 0.4) is 0 Å². The summed E-state index contributed by atoms with van der Waals surface area (Å²) < 4.78 is 21.7. The van der Waals surface area contributed by atoms with E-state index in [1.165, 1.54) is 11.9 Å². The molecular weight excluding hydrogens is 683 g/mol. The molecule has 11 nitrogen and oxygen atoms in total.